The third-order valence-corrected chi connectivity index (χ3v) is 3.52. The van der Waals surface area contributed by atoms with Gasteiger partial charge in [-0.25, -0.2) is 17.6 Å². The lowest BCUT2D eigenvalue weighted by atomic mass is 10.2. The largest absolute Gasteiger partial charge is 0.478 e. The fourth-order valence-corrected chi connectivity index (χ4v) is 2.26. The molecule has 1 aromatic carbocycles. The normalized spacial score (nSPS) is 11.6. The number of ether oxygens (including phenoxy) is 1. The van der Waals surface area contributed by atoms with Gasteiger partial charge in [-0.15, -0.1) is 0 Å². The molecule has 2 N–H and O–H groups in total. The number of nitrogens with one attached hydrogen (secondary N) is 1. The van der Waals surface area contributed by atoms with E-state index in [0.717, 1.165) is 18.2 Å². The summed E-state index contributed by atoms with van der Waals surface area (Å²) in [6.07, 6.45) is -0.114. The molecule has 0 saturated carbocycles. The van der Waals surface area contributed by atoms with Crippen molar-refractivity contribution in [1.82, 2.24) is 0 Å². The highest BCUT2D eigenvalue weighted by molar-refractivity contribution is 7.92. The van der Waals surface area contributed by atoms with Crippen LogP contribution < -0.4 is 4.72 Å². The van der Waals surface area contributed by atoms with Crippen molar-refractivity contribution in [2.75, 3.05) is 17.1 Å². The molecule has 0 aliphatic carbocycles. The van der Waals surface area contributed by atoms with Crippen LogP contribution in [0.4, 0.5) is 10.1 Å². The predicted molar refractivity (Wildman–Crippen MR) is 71.9 cm³/mol. The van der Waals surface area contributed by atoms with Gasteiger partial charge in [0, 0.05) is 0 Å². The molecule has 8 heteroatoms. The predicted octanol–water partition coefficient (Wildman–Crippen LogP) is 1.69. The molecule has 1 aromatic rings. The fraction of sp³-hybridized carbons (Fsp3) is 0.417. The summed E-state index contributed by atoms with van der Waals surface area (Å²) >= 11 is 0. The van der Waals surface area contributed by atoms with Crippen LogP contribution in [0.5, 0.6) is 0 Å². The molecule has 0 aromatic heterocycles. The molecule has 0 spiro atoms. The Kier molecular flexibility index (Phi) is 5.46. The van der Waals surface area contributed by atoms with E-state index in [4.69, 9.17) is 9.84 Å². The van der Waals surface area contributed by atoms with Gasteiger partial charge in [0.1, 0.15) is 5.82 Å². The fourth-order valence-electron chi connectivity index (χ4n) is 1.35. The molecule has 0 atom stereocenters. The monoisotopic (exact) mass is 305 g/mol. The Balaban J connectivity index is 2.81. The lowest BCUT2D eigenvalue weighted by molar-refractivity contribution is 0.0696. The lowest BCUT2D eigenvalue weighted by Gasteiger charge is -2.11. The summed E-state index contributed by atoms with van der Waals surface area (Å²) in [7, 11) is -3.80. The van der Waals surface area contributed by atoms with Crippen LogP contribution in [0.2, 0.25) is 0 Å². The molecule has 112 valence electrons. The number of carboxylic acids is 1. The van der Waals surface area contributed by atoms with Crippen LogP contribution in [0.15, 0.2) is 18.2 Å². The minimum absolute atomic E-state index is 0.0345. The van der Waals surface area contributed by atoms with Crippen molar-refractivity contribution >= 4 is 21.7 Å². The van der Waals surface area contributed by atoms with E-state index in [2.05, 4.69) is 0 Å². The maximum atomic E-state index is 13.5. The smallest absolute Gasteiger partial charge is 0.335 e. The molecule has 0 fully saturated rings. The van der Waals surface area contributed by atoms with Crippen LogP contribution in [0.3, 0.4) is 0 Å². The molecular formula is C12H16FNO5S. The summed E-state index contributed by atoms with van der Waals surface area (Å²) in [4.78, 5) is 10.8. The molecule has 1 rings (SSSR count). The molecule has 0 bridgehead atoms. The molecular weight excluding hydrogens is 289 g/mol. The first-order valence-electron chi connectivity index (χ1n) is 5.86. The Labute approximate surface area is 116 Å². The number of anilines is 1. The van der Waals surface area contributed by atoms with Crippen LogP contribution in [0.25, 0.3) is 0 Å². The number of rotatable bonds is 7. The summed E-state index contributed by atoms with van der Waals surface area (Å²) in [6, 6.07) is 2.88. The highest BCUT2D eigenvalue weighted by Crippen LogP contribution is 2.17. The summed E-state index contributed by atoms with van der Waals surface area (Å²) in [5, 5.41) is 8.78. The quantitative estimate of drug-likeness (QED) is 0.799. The third kappa shape index (κ3) is 5.14. The first-order chi connectivity index (χ1) is 9.21. The molecule has 0 saturated heterocycles. The second-order valence-corrected chi connectivity index (χ2v) is 6.18. The number of sulfonamides is 1. The average molecular weight is 305 g/mol. The zero-order chi connectivity index (χ0) is 15.3. The zero-order valence-electron chi connectivity index (χ0n) is 11.1. The Hall–Kier alpha value is -1.67. The minimum Gasteiger partial charge on any atom is -0.478 e. The molecule has 0 heterocycles. The van der Waals surface area contributed by atoms with Crippen molar-refractivity contribution < 1.29 is 27.4 Å². The molecule has 0 aliphatic rings. The number of benzene rings is 1. The maximum absolute atomic E-state index is 13.5. The highest BCUT2D eigenvalue weighted by Gasteiger charge is 2.15. The first kappa shape index (κ1) is 16.4. The van der Waals surface area contributed by atoms with E-state index < -0.39 is 27.5 Å². The van der Waals surface area contributed by atoms with E-state index in [1.165, 1.54) is 0 Å². The van der Waals surface area contributed by atoms with Crippen molar-refractivity contribution in [2.24, 2.45) is 0 Å². The summed E-state index contributed by atoms with van der Waals surface area (Å²) in [5.41, 5.74) is -0.600. The van der Waals surface area contributed by atoms with E-state index in [9.17, 15) is 17.6 Å². The summed E-state index contributed by atoms with van der Waals surface area (Å²) < 4.78 is 44.0. The summed E-state index contributed by atoms with van der Waals surface area (Å²) in [5.74, 6) is -2.46. The molecule has 0 radical (unpaired) electrons. The van der Waals surface area contributed by atoms with Crippen LogP contribution in [0.1, 0.15) is 24.2 Å². The van der Waals surface area contributed by atoms with Crippen LogP contribution in [-0.4, -0.2) is 38.0 Å². The van der Waals surface area contributed by atoms with E-state index in [1.807, 2.05) is 4.72 Å². The van der Waals surface area contributed by atoms with Crippen LogP contribution in [0, 0.1) is 5.82 Å². The van der Waals surface area contributed by atoms with Gasteiger partial charge < -0.3 is 9.84 Å². The third-order valence-electron chi connectivity index (χ3n) is 2.28. The number of hydrogen-bond acceptors (Lipinski definition) is 4. The van der Waals surface area contributed by atoms with Crippen molar-refractivity contribution in [2.45, 2.75) is 20.0 Å². The van der Waals surface area contributed by atoms with Gasteiger partial charge in [-0.3, -0.25) is 4.72 Å². The Morgan fingerprint density at radius 1 is 1.45 bits per heavy atom. The number of carboxylic acid groups (broad SMARTS) is 1. The van der Waals surface area contributed by atoms with Gasteiger partial charge in [-0.05, 0) is 32.0 Å². The Morgan fingerprint density at radius 3 is 2.65 bits per heavy atom. The second kappa shape index (κ2) is 6.67. The highest BCUT2D eigenvalue weighted by atomic mass is 32.2. The van der Waals surface area contributed by atoms with Crippen molar-refractivity contribution in [1.29, 1.82) is 0 Å². The van der Waals surface area contributed by atoms with Crippen molar-refractivity contribution in [3.05, 3.63) is 29.6 Å². The Morgan fingerprint density at radius 2 is 2.10 bits per heavy atom. The summed E-state index contributed by atoms with van der Waals surface area (Å²) in [6.45, 7) is 3.49. The first-order valence-corrected chi connectivity index (χ1v) is 7.51. The minimum atomic E-state index is -3.80. The van der Waals surface area contributed by atoms with E-state index in [-0.39, 0.29) is 24.0 Å². The van der Waals surface area contributed by atoms with E-state index in [1.54, 1.807) is 13.8 Å². The molecule has 6 nitrogen and oxygen atoms in total. The number of carbonyl (C=O) groups is 1. The molecule has 0 amide bonds. The van der Waals surface area contributed by atoms with Crippen LogP contribution in [-0.2, 0) is 14.8 Å². The van der Waals surface area contributed by atoms with Crippen molar-refractivity contribution in [3.8, 4) is 0 Å². The maximum Gasteiger partial charge on any atom is 0.335 e. The molecule has 0 aliphatic heterocycles. The lowest BCUT2D eigenvalue weighted by Crippen LogP contribution is -2.22. The van der Waals surface area contributed by atoms with Crippen molar-refractivity contribution in [3.63, 3.8) is 0 Å². The van der Waals surface area contributed by atoms with Gasteiger partial charge in [0.05, 0.1) is 29.7 Å². The van der Waals surface area contributed by atoms with E-state index >= 15 is 0 Å². The second-order valence-electron chi connectivity index (χ2n) is 4.34. The van der Waals surface area contributed by atoms with Gasteiger partial charge in [-0.2, -0.15) is 0 Å². The van der Waals surface area contributed by atoms with Crippen LogP contribution >= 0.6 is 0 Å². The van der Waals surface area contributed by atoms with Gasteiger partial charge in [-0.1, -0.05) is 0 Å². The number of aromatic carboxylic acids is 1. The molecule has 20 heavy (non-hydrogen) atoms. The average Bonchev–Trinajstić information content (AvgIpc) is 2.30. The topological polar surface area (TPSA) is 92.7 Å². The standard InChI is InChI=1S/C12H16FNO5S/c1-8(2)19-5-6-20(17,18)14-11-7-9(12(15)16)3-4-10(11)13/h3-4,7-8,14H,5-6H2,1-2H3,(H,15,16). The van der Waals surface area contributed by atoms with Gasteiger partial charge >= 0.3 is 5.97 Å². The van der Waals surface area contributed by atoms with Gasteiger partial charge in [0.2, 0.25) is 10.0 Å². The Bertz CT molecular complexity index is 586. The number of hydrogen-bond donors (Lipinski definition) is 2. The molecule has 0 unspecified atom stereocenters. The number of halogens is 1. The SMILES string of the molecule is CC(C)OCCS(=O)(=O)Nc1cc(C(=O)O)ccc1F. The van der Waals surface area contributed by atoms with Gasteiger partial charge in [0.25, 0.3) is 0 Å². The van der Waals surface area contributed by atoms with E-state index in [0.29, 0.717) is 0 Å². The van der Waals surface area contributed by atoms with Gasteiger partial charge in [0.15, 0.2) is 0 Å². The zero-order valence-corrected chi connectivity index (χ0v) is 11.9.